The molecule has 1 aliphatic rings. The third kappa shape index (κ3) is 7.68. The van der Waals surface area contributed by atoms with Gasteiger partial charge in [0.2, 0.25) is 11.8 Å². The summed E-state index contributed by atoms with van der Waals surface area (Å²) in [6.07, 6.45) is 2.66. The number of piperidine rings is 1. The molecule has 1 aliphatic heterocycles. The fraction of sp³-hybridized carbons (Fsp3) is 0.342. The summed E-state index contributed by atoms with van der Waals surface area (Å²) in [4.78, 5) is 19.1. The summed E-state index contributed by atoms with van der Waals surface area (Å²) in [5.74, 6) is 1.49. The van der Waals surface area contributed by atoms with Crippen molar-refractivity contribution < 1.29 is 19.0 Å². The maximum absolute atomic E-state index is 12.5. The number of aromatic nitrogens is 3. The summed E-state index contributed by atoms with van der Waals surface area (Å²) in [5.41, 5.74) is 5.60. The minimum atomic E-state index is -0.478. The number of carbonyl (C=O) groups excluding carboxylic acids is 1. The number of fused-ring (bicyclic) bond motifs is 1. The van der Waals surface area contributed by atoms with Gasteiger partial charge in [-0.3, -0.25) is 4.68 Å². The number of benzene rings is 3. The first kappa shape index (κ1) is 31.1. The second-order valence-corrected chi connectivity index (χ2v) is 13.0. The van der Waals surface area contributed by atoms with E-state index in [2.05, 4.69) is 18.2 Å². The van der Waals surface area contributed by atoms with Gasteiger partial charge in [-0.1, -0.05) is 72.8 Å². The first-order chi connectivity index (χ1) is 22.2. The van der Waals surface area contributed by atoms with Crippen LogP contribution >= 0.6 is 0 Å². The molecule has 0 bridgehead atoms. The number of amides is 1. The van der Waals surface area contributed by atoms with E-state index in [0.29, 0.717) is 30.9 Å². The Balaban J connectivity index is 1.20. The number of hydrogen-bond donors (Lipinski definition) is 0. The molecule has 8 heteroatoms. The summed E-state index contributed by atoms with van der Waals surface area (Å²) < 4.78 is 19.9. The highest BCUT2D eigenvalue weighted by Gasteiger charge is 2.27. The number of pyridine rings is 1. The van der Waals surface area contributed by atoms with Crippen LogP contribution in [0.3, 0.4) is 0 Å². The minimum absolute atomic E-state index is 0.216. The Labute approximate surface area is 270 Å². The summed E-state index contributed by atoms with van der Waals surface area (Å²) in [5, 5.41) is 5.98. The maximum Gasteiger partial charge on any atom is 0.410 e. The van der Waals surface area contributed by atoms with Crippen molar-refractivity contribution in [3.05, 3.63) is 108 Å². The van der Waals surface area contributed by atoms with Crippen molar-refractivity contribution in [2.24, 2.45) is 13.0 Å². The fourth-order valence-corrected chi connectivity index (χ4v) is 5.86. The Morgan fingerprint density at radius 1 is 0.826 bits per heavy atom. The molecule has 0 atom stereocenters. The molecule has 0 saturated carbocycles. The Kier molecular flexibility index (Phi) is 9.24. The highest BCUT2D eigenvalue weighted by Crippen LogP contribution is 2.36. The Bertz CT molecular complexity index is 1770. The molecule has 1 amide bonds. The summed E-state index contributed by atoms with van der Waals surface area (Å²) in [6, 6.07) is 30.6. The molecule has 6 rings (SSSR count). The van der Waals surface area contributed by atoms with Crippen LogP contribution in [0.5, 0.6) is 11.8 Å². The number of aryl methyl sites for hydroxylation is 1. The van der Waals surface area contributed by atoms with Crippen molar-refractivity contribution in [1.29, 1.82) is 0 Å². The van der Waals surface area contributed by atoms with E-state index in [1.165, 1.54) is 5.56 Å². The first-order valence-electron chi connectivity index (χ1n) is 16.0. The molecule has 2 aromatic heterocycles. The quantitative estimate of drug-likeness (QED) is 0.167. The van der Waals surface area contributed by atoms with Gasteiger partial charge in [0.25, 0.3) is 0 Å². The number of carbonyl (C=O) groups is 1. The summed E-state index contributed by atoms with van der Waals surface area (Å²) in [7, 11) is 1.98. The zero-order valence-corrected chi connectivity index (χ0v) is 27.1. The third-order valence-electron chi connectivity index (χ3n) is 8.24. The molecule has 0 unspecified atom stereocenters. The summed E-state index contributed by atoms with van der Waals surface area (Å²) in [6.45, 7) is 7.96. The van der Waals surface area contributed by atoms with Gasteiger partial charge in [-0.25, -0.2) is 4.79 Å². The lowest BCUT2D eigenvalue weighted by Crippen LogP contribution is -2.42. The predicted molar refractivity (Wildman–Crippen MR) is 180 cm³/mol. The molecule has 238 valence electrons. The molecule has 0 radical (unpaired) electrons. The van der Waals surface area contributed by atoms with Crippen LogP contribution in [-0.2, 0) is 31.4 Å². The van der Waals surface area contributed by atoms with E-state index in [9.17, 15) is 4.79 Å². The zero-order valence-electron chi connectivity index (χ0n) is 27.1. The first-order valence-corrected chi connectivity index (χ1v) is 16.0. The number of likely N-dealkylation sites (tertiary alicyclic amines) is 1. The van der Waals surface area contributed by atoms with Gasteiger partial charge in [0.05, 0.1) is 11.1 Å². The lowest BCUT2D eigenvalue weighted by molar-refractivity contribution is 0.0184. The van der Waals surface area contributed by atoms with Crippen LogP contribution < -0.4 is 9.47 Å². The lowest BCUT2D eigenvalue weighted by Gasteiger charge is -2.33. The maximum atomic E-state index is 12.5. The van der Waals surface area contributed by atoms with E-state index in [-0.39, 0.29) is 6.09 Å². The van der Waals surface area contributed by atoms with E-state index < -0.39 is 5.60 Å². The number of rotatable bonds is 9. The van der Waals surface area contributed by atoms with Gasteiger partial charge in [-0.05, 0) is 74.8 Å². The SMILES string of the molecule is Cn1nc(-c2ccc(OCc3ccccc3)nc2OCc2ccccc2)c2ccc(CC3CCN(C(=O)OC(C)(C)C)CC3)cc21. The standard InChI is InChI=1S/C38H42N4O4/c1-38(2,3)46-37(43)42-21-19-27(20-22-42)23-30-15-16-31-33(24-30)41(4)40-35(31)32-17-18-34(44-25-28-11-7-5-8-12-28)39-36(32)45-26-29-13-9-6-10-14-29/h5-18,24,27H,19-23,25-26H2,1-4H3. The van der Waals surface area contributed by atoms with Gasteiger partial charge in [-0.2, -0.15) is 10.1 Å². The van der Waals surface area contributed by atoms with Crippen molar-refractivity contribution in [3.8, 4) is 23.0 Å². The molecule has 1 saturated heterocycles. The molecule has 5 aromatic rings. The van der Waals surface area contributed by atoms with Crippen LogP contribution in [0, 0.1) is 5.92 Å². The van der Waals surface area contributed by atoms with Gasteiger partial charge >= 0.3 is 6.09 Å². The van der Waals surface area contributed by atoms with Crippen molar-refractivity contribution in [3.63, 3.8) is 0 Å². The monoisotopic (exact) mass is 618 g/mol. The highest BCUT2D eigenvalue weighted by atomic mass is 16.6. The van der Waals surface area contributed by atoms with Crippen molar-refractivity contribution in [2.45, 2.75) is 58.8 Å². The average molecular weight is 619 g/mol. The molecule has 0 spiro atoms. The van der Waals surface area contributed by atoms with Crippen LogP contribution in [0.25, 0.3) is 22.2 Å². The van der Waals surface area contributed by atoms with Gasteiger partial charge in [0.1, 0.15) is 24.5 Å². The van der Waals surface area contributed by atoms with E-state index in [0.717, 1.165) is 65.6 Å². The molecule has 0 N–H and O–H groups in total. The third-order valence-corrected chi connectivity index (χ3v) is 8.24. The predicted octanol–water partition coefficient (Wildman–Crippen LogP) is 7.98. The second-order valence-electron chi connectivity index (χ2n) is 13.0. The molecular weight excluding hydrogens is 576 g/mol. The molecule has 0 aliphatic carbocycles. The zero-order chi connectivity index (χ0) is 32.1. The number of ether oxygens (including phenoxy) is 3. The van der Waals surface area contributed by atoms with Crippen LogP contribution in [0.2, 0.25) is 0 Å². The van der Waals surface area contributed by atoms with Gasteiger partial charge in [-0.15, -0.1) is 0 Å². The minimum Gasteiger partial charge on any atom is -0.473 e. The summed E-state index contributed by atoms with van der Waals surface area (Å²) >= 11 is 0. The largest absolute Gasteiger partial charge is 0.473 e. The van der Waals surface area contributed by atoms with E-state index in [1.54, 1.807) is 0 Å². The van der Waals surface area contributed by atoms with Crippen molar-refractivity contribution in [1.82, 2.24) is 19.7 Å². The van der Waals surface area contributed by atoms with Crippen LogP contribution in [0.1, 0.15) is 50.3 Å². The average Bonchev–Trinajstić information content (AvgIpc) is 3.38. The number of hydrogen-bond acceptors (Lipinski definition) is 6. The molecule has 1 fully saturated rings. The molecular formula is C38H42N4O4. The molecule has 46 heavy (non-hydrogen) atoms. The topological polar surface area (TPSA) is 78.7 Å². The van der Waals surface area contributed by atoms with E-state index in [4.69, 9.17) is 24.3 Å². The van der Waals surface area contributed by atoms with Gasteiger partial charge in [0.15, 0.2) is 0 Å². The van der Waals surface area contributed by atoms with E-state index >= 15 is 0 Å². The van der Waals surface area contributed by atoms with E-state index in [1.807, 2.05) is 110 Å². The molecule has 8 nitrogen and oxygen atoms in total. The molecule has 3 heterocycles. The van der Waals surface area contributed by atoms with Crippen molar-refractivity contribution >= 4 is 17.0 Å². The Morgan fingerprint density at radius 2 is 1.48 bits per heavy atom. The normalized spacial score (nSPS) is 14.0. The lowest BCUT2D eigenvalue weighted by atomic mass is 9.90. The van der Waals surface area contributed by atoms with Gasteiger partial charge < -0.3 is 19.1 Å². The van der Waals surface area contributed by atoms with Gasteiger partial charge in [0, 0.05) is 31.6 Å². The van der Waals surface area contributed by atoms with Crippen molar-refractivity contribution in [2.75, 3.05) is 13.1 Å². The van der Waals surface area contributed by atoms with Crippen LogP contribution in [-0.4, -0.2) is 44.4 Å². The highest BCUT2D eigenvalue weighted by molar-refractivity contribution is 5.94. The Hall–Kier alpha value is -4.85. The smallest absolute Gasteiger partial charge is 0.410 e. The number of nitrogens with zero attached hydrogens (tertiary/aromatic N) is 4. The van der Waals surface area contributed by atoms with Crippen LogP contribution in [0.15, 0.2) is 91.0 Å². The van der Waals surface area contributed by atoms with Crippen LogP contribution in [0.4, 0.5) is 4.79 Å². The Morgan fingerprint density at radius 3 is 2.13 bits per heavy atom. The second kappa shape index (κ2) is 13.6. The molecule has 3 aromatic carbocycles. The fourth-order valence-electron chi connectivity index (χ4n) is 5.86.